The van der Waals surface area contributed by atoms with E-state index in [1.807, 2.05) is 12.3 Å². The largest absolute Gasteiger partial charge is 0.310 e. The molecule has 18 heavy (non-hydrogen) atoms. The number of nitrogens with zero attached hydrogens (tertiary/aromatic N) is 2. The highest BCUT2D eigenvalue weighted by Gasteiger charge is 2.17. The summed E-state index contributed by atoms with van der Waals surface area (Å²) in [6.07, 6.45) is 8.33. The Morgan fingerprint density at radius 2 is 2.17 bits per heavy atom. The van der Waals surface area contributed by atoms with Gasteiger partial charge in [-0.1, -0.05) is 12.8 Å². The van der Waals surface area contributed by atoms with Crippen LogP contribution in [0.1, 0.15) is 37.4 Å². The second kappa shape index (κ2) is 5.84. The highest BCUT2D eigenvalue weighted by atomic mass is 32.2. The maximum absolute atomic E-state index is 11.0. The summed E-state index contributed by atoms with van der Waals surface area (Å²) in [6, 6.07) is 2.57. The molecule has 1 N–H and O–H groups in total. The van der Waals surface area contributed by atoms with Crippen molar-refractivity contribution in [2.75, 3.05) is 18.6 Å². The van der Waals surface area contributed by atoms with E-state index in [-0.39, 0.29) is 5.75 Å². The first-order valence-electron chi connectivity index (χ1n) is 6.47. The van der Waals surface area contributed by atoms with Crippen molar-refractivity contribution in [1.29, 1.82) is 0 Å². The first kappa shape index (κ1) is 13.5. The van der Waals surface area contributed by atoms with Crippen molar-refractivity contribution >= 4 is 9.84 Å². The van der Waals surface area contributed by atoms with Crippen molar-refractivity contribution in [2.45, 2.75) is 38.3 Å². The Kier molecular flexibility index (Phi) is 4.40. The van der Waals surface area contributed by atoms with Crippen LogP contribution >= 0.6 is 0 Å². The molecule has 0 spiro atoms. The highest BCUT2D eigenvalue weighted by Crippen LogP contribution is 2.28. The molecule has 2 rings (SSSR count). The summed E-state index contributed by atoms with van der Waals surface area (Å²) in [5, 5.41) is 7.64. The van der Waals surface area contributed by atoms with Crippen molar-refractivity contribution in [3.63, 3.8) is 0 Å². The normalized spacial score (nSPS) is 17.4. The van der Waals surface area contributed by atoms with E-state index in [1.54, 1.807) is 0 Å². The fourth-order valence-electron chi connectivity index (χ4n) is 2.32. The second-order valence-electron chi connectivity index (χ2n) is 5.03. The zero-order valence-electron chi connectivity index (χ0n) is 10.8. The summed E-state index contributed by atoms with van der Waals surface area (Å²) < 4.78 is 24.0. The van der Waals surface area contributed by atoms with E-state index in [0.717, 1.165) is 5.69 Å². The molecule has 1 aromatic rings. The minimum absolute atomic E-state index is 0.177. The van der Waals surface area contributed by atoms with Gasteiger partial charge in [-0.25, -0.2) is 8.42 Å². The van der Waals surface area contributed by atoms with E-state index in [0.29, 0.717) is 19.1 Å². The van der Waals surface area contributed by atoms with E-state index >= 15 is 0 Å². The Labute approximate surface area is 108 Å². The van der Waals surface area contributed by atoms with E-state index in [1.165, 1.54) is 31.9 Å². The molecule has 102 valence electrons. The molecular formula is C12H21N3O2S. The van der Waals surface area contributed by atoms with Crippen LogP contribution in [0.5, 0.6) is 0 Å². The number of nitrogens with one attached hydrogen (secondary N) is 1. The van der Waals surface area contributed by atoms with Crippen molar-refractivity contribution in [2.24, 2.45) is 0 Å². The van der Waals surface area contributed by atoms with Gasteiger partial charge in [0.2, 0.25) is 0 Å². The SMILES string of the molecule is CS(=O)(=O)CCNCc1ccn(C2CCCC2)n1. The number of rotatable bonds is 6. The molecule has 1 aliphatic rings. The summed E-state index contributed by atoms with van der Waals surface area (Å²) in [5.74, 6) is 0.177. The fraction of sp³-hybridized carbons (Fsp3) is 0.750. The topological polar surface area (TPSA) is 64.0 Å². The summed E-state index contributed by atoms with van der Waals surface area (Å²) in [4.78, 5) is 0. The standard InChI is InChI=1S/C12H21N3O2S/c1-18(16,17)9-7-13-10-11-6-8-15(14-11)12-4-2-3-5-12/h6,8,12-13H,2-5,7,9-10H2,1H3. The molecule has 0 radical (unpaired) electrons. The molecule has 0 aromatic carbocycles. The lowest BCUT2D eigenvalue weighted by Gasteiger charge is -2.08. The molecule has 0 atom stereocenters. The zero-order valence-corrected chi connectivity index (χ0v) is 11.6. The van der Waals surface area contributed by atoms with Gasteiger partial charge < -0.3 is 5.32 Å². The van der Waals surface area contributed by atoms with Crippen LogP contribution in [0.4, 0.5) is 0 Å². The van der Waals surface area contributed by atoms with Crippen molar-refractivity contribution in [1.82, 2.24) is 15.1 Å². The van der Waals surface area contributed by atoms with Crippen molar-refractivity contribution in [3.05, 3.63) is 18.0 Å². The van der Waals surface area contributed by atoms with Crippen LogP contribution in [0.25, 0.3) is 0 Å². The van der Waals surface area contributed by atoms with Gasteiger partial charge in [-0.05, 0) is 18.9 Å². The maximum atomic E-state index is 11.0. The molecule has 1 heterocycles. The smallest absolute Gasteiger partial charge is 0.148 e. The maximum Gasteiger partial charge on any atom is 0.148 e. The quantitative estimate of drug-likeness (QED) is 0.788. The predicted molar refractivity (Wildman–Crippen MR) is 71.1 cm³/mol. The van der Waals surface area contributed by atoms with Gasteiger partial charge in [0.15, 0.2) is 0 Å². The Bertz CT molecular complexity index is 475. The molecule has 0 amide bonds. The van der Waals surface area contributed by atoms with Gasteiger partial charge in [0.1, 0.15) is 9.84 Å². The van der Waals surface area contributed by atoms with E-state index < -0.39 is 9.84 Å². The van der Waals surface area contributed by atoms with Crippen molar-refractivity contribution < 1.29 is 8.42 Å². The lowest BCUT2D eigenvalue weighted by atomic mass is 10.3. The molecular weight excluding hydrogens is 250 g/mol. The molecule has 5 nitrogen and oxygen atoms in total. The lowest BCUT2D eigenvalue weighted by molar-refractivity contribution is 0.461. The molecule has 0 saturated heterocycles. The Hall–Kier alpha value is -0.880. The number of hydrogen-bond donors (Lipinski definition) is 1. The minimum Gasteiger partial charge on any atom is -0.310 e. The average Bonchev–Trinajstić information content (AvgIpc) is 2.93. The fourth-order valence-corrected chi connectivity index (χ4v) is 2.83. The third-order valence-corrected chi connectivity index (χ3v) is 4.26. The number of aromatic nitrogens is 2. The summed E-state index contributed by atoms with van der Waals surface area (Å²) in [6.45, 7) is 1.12. The van der Waals surface area contributed by atoms with Gasteiger partial charge in [-0.3, -0.25) is 4.68 Å². The van der Waals surface area contributed by atoms with Gasteiger partial charge in [0.05, 0.1) is 17.5 Å². The third kappa shape index (κ3) is 4.10. The van der Waals surface area contributed by atoms with Crippen LogP contribution in [-0.4, -0.2) is 36.8 Å². The molecule has 0 aliphatic heterocycles. The molecule has 1 fully saturated rings. The van der Waals surface area contributed by atoms with E-state index in [2.05, 4.69) is 15.1 Å². The Morgan fingerprint density at radius 3 is 2.83 bits per heavy atom. The van der Waals surface area contributed by atoms with Gasteiger partial charge in [-0.2, -0.15) is 5.10 Å². The van der Waals surface area contributed by atoms with Crippen LogP contribution in [0.3, 0.4) is 0 Å². The molecule has 1 saturated carbocycles. The molecule has 0 unspecified atom stereocenters. The van der Waals surface area contributed by atoms with Crippen LogP contribution in [0, 0.1) is 0 Å². The molecule has 1 aliphatic carbocycles. The number of sulfone groups is 1. The minimum atomic E-state index is -2.87. The van der Waals surface area contributed by atoms with Crippen LogP contribution in [0.2, 0.25) is 0 Å². The number of hydrogen-bond acceptors (Lipinski definition) is 4. The zero-order chi connectivity index (χ0) is 13.0. The molecule has 0 bridgehead atoms. The van der Waals surface area contributed by atoms with E-state index in [9.17, 15) is 8.42 Å². The Balaban J connectivity index is 1.76. The monoisotopic (exact) mass is 271 g/mol. The van der Waals surface area contributed by atoms with Crippen LogP contribution in [0.15, 0.2) is 12.3 Å². The van der Waals surface area contributed by atoms with Gasteiger partial charge in [-0.15, -0.1) is 0 Å². The average molecular weight is 271 g/mol. The van der Waals surface area contributed by atoms with Crippen LogP contribution < -0.4 is 5.32 Å². The van der Waals surface area contributed by atoms with Crippen LogP contribution in [-0.2, 0) is 16.4 Å². The summed E-state index contributed by atoms with van der Waals surface area (Å²) in [5.41, 5.74) is 0.982. The van der Waals surface area contributed by atoms with E-state index in [4.69, 9.17) is 0 Å². The molecule has 1 aromatic heterocycles. The Morgan fingerprint density at radius 1 is 1.44 bits per heavy atom. The summed E-state index contributed by atoms with van der Waals surface area (Å²) >= 11 is 0. The van der Waals surface area contributed by atoms with Crippen molar-refractivity contribution in [3.8, 4) is 0 Å². The van der Waals surface area contributed by atoms with Gasteiger partial charge in [0, 0.05) is 25.5 Å². The van der Waals surface area contributed by atoms with Gasteiger partial charge in [0.25, 0.3) is 0 Å². The molecule has 6 heteroatoms. The first-order chi connectivity index (χ1) is 8.54. The predicted octanol–water partition coefficient (Wildman–Crippen LogP) is 1.13. The second-order valence-corrected chi connectivity index (χ2v) is 7.29. The highest BCUT2D eigenvalue weighted by molar-refractivity contribution is 7.90. The summed E-state index contributed by atoms with van der Waals surface area (Å²) in [7, 11) is -2.87. The third-order valence-electron chi connectivity index (χ3n) is 3.32. The van der Waals surface area contributed by atoms with Gasteiger partial charge >= 0.3 is 0 Å². The lowest BCUT2D eigenvalue weighted by Crippen LogP contribution is -2.22. The first-order valence-corrected chi connectivity index (χ1v) is 8.53.